The van der Waals surface area contributed by atoms with Gasteiger partial charge >= 0.3 is 13.8 Å². The van der Waals surface area contributed by atoms with Crippen LogP contribution in [0.5, 0.6) is 0 Å². The first-order chi connectivity index (χ1) is 13.8. The van der Waals surface area contributed by atoms with Crippen LogP contribution < -0.4 is 5.73 Å². The first-order valence-corrected chi connectivity index (χ1v) is 9.84. The Labute approximate surface area is 162 Å². The van der Waals surface area contributed by atoms with Crippen LogP contribution in [0.4, 0.5) is 5.82 Å². The van der Waals surface area contributed by atoms with Crippen molar-refractivity contribution in [1.29, 1.82) is 0 Å². The van der Waals surface area contributed by atoms with E-state index in [1.165, 1.54) is 25.0 Å². The Bertz CT molecular complexity index is 1070. The van der Waals surface area contributed by atoms with Gasteiger partial charge in [-0.2, -0.15) is 0 Å². The summed E-state index contributed by atoms with van der Waals surface area (Å²) in [5.41, 5.74) is 6.55. The molecule has 4 heterocycles. The minimum absolute atomic E-state index is 0.0169. The van der Waals surface area contributed by atoms with Gasteiger partial charge in [0.05, 0.1) is 12.9 Å². The molecular formula is C14H16N7O7P. The summed E-state index contributed by atoms with van der Waals surface area (Å²) in [6.45, 7) is -0.499. The number of nitrogens with one attached hydrogen (secondary N) is 1. The molecule has 0 radical (unpaired) electrons. The third-order valence-corrected chi connectivity index (χ3v) is 4.72. The number of nitrogens with two attached hydrogens (primary N) is 1. The molecule has 1 aliphatic heterocycles. The molecule has 3 aromatic rings. The van der Waals surface area contributed by atoms with Gasteiger partial charge in [0.25, 0.3) is 0 Å². The fraction of sp³-hybridized carbons (Fsp3) is 0.357. The van der Waals surface area contributed by atoms with Crippen molar-refractivity contribution in [2.75, 3.05) is 12.3 Å². The van der Waals surface area contributed by atoms with E-state index in [0.29, 0.717) is 11.2 Å². The molecule has 0 aromatic carbocycles. The predicted molar refractivity (Wildman–Crippen MR) is 94.0 cm³/mol. The molecule has 15 heteroatoms. The average Bonchev–Trinajstić information content (AvgIpc) is 3.39. The first kappa shape index (κ1) is 19.4. The van der Waals surface area contributed by atoms with Crippen LogP contribution in [0.2, 0.25) is 0 Å². The van der Waals surface area contributed by atoms with Crippen LogP contribution in [0.1, 0.15) is 23.3 Å². The third kappa shape index (κ3) is 4.11. The number of aromatic amines is 1. The minimum atomic E-state index is -4.75. The second-order valence-corrected chi connectivity index (χ2v) is 7.36. The van der Waals surface area contributed by atoms with Gasteiger partial charge in [0.1, 0.15) is 30.3 Å². The molecule has 0 aliphatic carbocycles. The number of phosphoric acid groups is 1. The highest BCUT2D eigenvalue weighted by Gasteiger charge is 2.41. The van der Waals surface area contributed by atoms with E-state index < -0.39 is 38.8 Å². The standard InChI is InChI=1S/C14H16N7O7P/c15-11-10-13(19-5-18-11)21(6-20-10)9-3-7(8(27-9)4-26-29(23,24)25)28-14(22)12-16-1-2-17-12/h1-2,5-9H,3-4H2,(H,16,17)(H2,15,18,19)(H2,23,24,25)/t7-,8+,9+/m0/s1. The average molecular weight is 425 g/mol. The Morgan fingerprint density at radius 3 is 2.93 bits per heavy atom. The van der Waals surface area contributed by atoms with Crippen molar-refractivity contribution in [3.63, 3.8) is 0 Å². The number of carbonyl (C=O) groups excluding carboxylic acids is 1. The van der Waals surface area contributed by atoms with E-state index >= 15 is 0 Å². The quantitative estimate of drug-likeness (QED) is 0.298. The van der Waals surface area contributed by atoms with E-state index in [9.17, 15) is 9.36 Å². The number of aromatic nitrogens is 6. The normalized spacial score (nSPS) is 22.2. The first-order valence-electron chi connectivity index (χ1n) is 8.31. The summed E-state index contributed by atoms with van der Waals surface area (Å²) in [5.74, 6) is -0.571. The zero-order chi connectivity index (χ0) is 20.6. The highest BCUT2D eigenvalue weighted by molar-refractivity contribution is 7.46. The smallest absolute Gasteiger partial charge is 0.453 e. The van der Waals surface area contributed by atoms with Crippen LogP contribution in [-0.4, -0.2) is 64.1 Å². The molecule has 14 nitrogen and oxygen atoms in total. The molecule has 154 valence electrons. The molecular weight excluding hydrogens is 409 g/mol. The van der Waals surface area contributed by atoms with Crippen molar-refractivity contribution in [1.82, 2.24) is 29.5 Å². The molecule has 4 rings (SSSR count). The van der Waals surface area contributed by atoms with Crippen molar-refractivity contribution in [3.05, 3.63) is 30.9 Å². The van der Waals surface area contributed by atoms with Crippen LogP contribution in [0, 0.1) is 0 Å². The van der Waals surface area contributed by atoms with Crippen LogP contribution in [0.15, 0.2) is 25.0 Å². The molecule has 0 amide bonds. The van der Waals surface area contributed by atoms with Gasteiger partial charge in [0, 0.05) is 18.8 Å². The van der Waals surface area contributed by atoms with Crippen LogP contribution in [0.25, 0.3) is 11.2 Å². The number of anilines is 1. The Morgan fingerprint density at radius 2 is 2.21 bits per heavy atom. The fourth-order valence-corrected chi connectivity index (χ4v) is 3.31. The van der Waals surface area contributed by atoms with Gasteiger partial charge in [-0.3, -0.25) is 9.09 Å². The lowest BCUT2D eigenvalue weighted by Gasteiger charge is -2.18. The summed E-state index contributed by atoms with van der Waals surface area (Å²) in [5, 5.41) is 0. The minimum Gasteiger partial charge on any atom is -0.453 e. The van der Waals surface area contributed by atoms with Gasteiger partial charge in [-0.15, -0.1) is 0 Å². The summed E-state index contributed by atoms with van der Waals surface area (Å²) in [4.78, 5) is 48.8. The van der Waals surface area contributed by atoms with Crippen LogP contribution in [-0.2, 0) is 18.6 Å². The fourth-order valence-electron chi connectivity index (χ4n) is 2.97. The summed E-state index contributed by atoms with van der Waals surface area (Å²) in [6, 6.07) is 0. The molecule has 0 spiro atoms. The van der Waals surface area contributed by atoms with Gasteiger partial charge < -0.3 is 30.0 Å². The second kappa shape index (κ2) is 7.50. The van der Waals surface area contributed by atoms with Crippen molar-refractivity contribution < 1.29 is 33.1 Å². The number of rotatable bonds is 6. The van der Waals surface area contributed by atoms with E-state index in [2.05, 4.69) is 29.4 Å². The monoisotopic (exact) mass is 425 g/mol. The Morgan fingerprint density at radius 1 is 1.38 bits per heavy atom. The number of ether oxygens (including phenoxy) is 2. The number of imidazole rings is 2. The van der Waals surface area contributed by atoms with Gasteiger partial charge in [0.2, 0.25) is 5.82 Å². The van der Waals surface area contributed by atoms with E-state index in [1.807, 2.05) is 0 Å². The van der Waals surface area contributed by atoms with Crippen molar-refractivity contribution in [3.8, 4) is 0 Å². The second-order valence-electron chi connectivity index (χ2n) is 6.12. The molecule has 29 heavy (non-hydrogen) atoms. The lowest BCUT2D eigenvalue weighted by atomic mass is 10.2. The lowest BCUT2D eigenvalue weighted by Crippen LogP contribution is -2.31. The molecule has 1 saturated heterocycles. The summed E-state index contributed by atoms with van der Waals surface area (Å²) >= 11 is 0. The maximum atomic E-state index is 12.2. The topological polar surface area (TPSA) is 201 Å². The zero-order valence-electron chi connectivity index (χ0n) is 14.7. The van der Waals surface area contributed by atoms with Crippen molar-refractivity contribution >= 4 is 30.8 Å². The Kier molecular flexibility index (Phi) is 5.02. The van der Waals surface area contributed by atoms with Crippen molar-refractivity contribution in [2.24, 2.45) is 0 Å². The largest absolute Gasteiger partial charge is 0.469 e. The highest BCUT2D eigenvalue weighted by Crippen LogP contribution is 2.39. The molecule has 0 saturated carbocycles. The summed E-state index contributed by atoms with van der Waals surface area (Å²) in [7, 11) is -4.75. The van der Waals surface area contributed by atoms with Crippen LogP contribution >= 0.6 is 7.82 Å². The number of fused-ring (bicyclic) bond motifs is 1. The number of nitrogen functional groups attached to an aromatic ring is 1. The van der Waals surface area contributed by atoms with Gasteiger partial charge in [-0.05, 0) is 0 Å². The van der Waals surface area contributed by atoms with Crippen molar-refractivity contribution in [2.45, 2.75) is 24.9 Å². The lowest BCUT2D eigenvalue weighted by molar-refractivity contribution is -0.0493. The number of hydrogen-bond donors (Lipinski definition) is 4. The molecule has 3 aromatic heterocycles. The molecule has 0 bridgehead atoms. The van der Waals surface area contributed by atoms with Crippen LogP contribution in [0.3, 0.4) is 0 Å². The molecule has 1 fully saturated rings. The number of H-pyrrole nitrogens is 1. The van der Waals surface area contributed by atoms with Gasteiger partial charge in [0.15, 0.2) is 11.5 Å². The zero-order valence-corrected chi connectivity index (χ0v) is 15.5. The molecule has 0 unspecified atom stereocenters. The van der Waals surface area contributed by atoms with E-state index in [1.54, 1.807) is 4.57 Å². The Balaban J connectivity index is 1.57. The van der Waals surface area contributed by atoms with Gasteiger partial charge in [-0.25, -0.2) is 29.3 Å². The van der Waals surface area contributed by atoms with E-state index in [0.717, 1.165) is 0 Å². The van der Waals surface area contributed by atoms with E-state index in [-0.39, 0.29) is 18.1 Å². The number of esters is 1. The highest BCUT2D eigenvalue weighted by atomic mass is 31.2. The third-order valence-electron chi connectivity index (χ3n) is 4.23. The van der Waals surface area contributed by atoms with Gasteiger partial charge in [-0.1, -0.05) is 0 Å². The number of hydrogen-bond acceptors (Lipinski definition) is 10. The van der Waals surface area contributed by atoms with E-state index in [4.69, 9.17) is 25.0 Å². The Hall–Kier alpha value is -2.90. The number of nitrogens with zero attached hydrogens (tertiary/aromatic N) is 5. The maximum absolute atomic E-state index is 12.2. The molecule has 5 N–H and O–H groups in total. The number of phosphoric ester groups is 1. The predicted octanol–water partition coefficient (Wildman–Crippen LogP) is -0.246. The summed E-state index contributed by atoms with van der Waals surface area (Å²) in [6.07, 6.45) is 3.18. The molecule has 3 atom stereocenters. The number of carbonyl (C=O) groups is 1. The SMILES string of the molecule is Nc1ncnc2c1ncn2[C@H]1C[C@H](OC(=O)c2ncc[nH]2)[C@@H](COP(=O)(O)O)O1. The maximum Gasteiger partial charge on any atom is 0.469 e. The molecule has 1 aliphatic rings. The summed E-state index contributed by atoms with van der Waals surface area (Å²) < 4.78 is 28.4.